The molecular weight excluding hydrogens is 501 g/mol. The van der Waals surface area contributed by atoms with Gasteiger partial charge in [0.25, 0.3) is 21.6 Å². The smallest absolute Gasteiger partial charge is 0.291 e. The minimum atomic E-state index is -4.46. The fourth-order valence-electron chi connectivity index (χ4n) is 2.74. The van der Waals surface area contributed by atoms with Gasteiger partial charge in [0, 0.05) is 27.5 Å². The van der Waals surface area contributed by atoms with E-state index in [1.807, 2.05) is 0 Å². The van der Waals surface area contributed by atoms with E-state index >= 15 is 0 Å². The van der Waals surface area contributed by atoms with Crippen LogP contribution >= 0.6 is 34.8 Å². The van der Waals surface area contributed by atoms with Crippen LogP contribution < -0.4 is 10.0 Å². The van der Waals surface area contributed by atoms with Gasteiger partial charge in [0.1, 0.15) is 0 Å². The number of amides is 1. The lowest BCUT2D eigenvalue weighted by Crippen LogP contribution is -2.18. The quantitative estimate of drug-likeness (QED) is 0.313. The first-order valence-corrected chi connectivity index (χ1v) is 11.4. The molecule has 0 unspecified atom stereocenters. The molecule has 0 saturated carbocycles. The van der Waals surface area contributed by atoms with E-state index in [0.29, 0.717) is 21.3 Å². The van der Waals surface area contributed by atoms with E-state index in [9.17, 15) is 23.3 Å². The molecular formula is C20H14Cl3N3O5S. The molecule has 0 saturated heterocycles. The van der Waals surface area contributed by atoms with Crippen molar-refractivity contribution >= 4 is 67.8 Å². The minimum absolute atomic E-state index is 0.124. The monoisotopic (exact) mass is 513 g/mol. The van der Waals surface area contributed by atoms with Crippen LogP contribution in [0, 0.1) is 17.0 Å². The first-order valence-electron chi connectivity index (χ1n) is 8.82. The van der Waals surface area contributed by atoms with E-state index < -0.39 is 31.4 Å². The number of hydrogen-bond acceptors (Lipinski definition) is 5. The molecule has 3 aromatic carbocycles. The zero-order valence-corrected chi connectivity index (χ0v) is 19.3. The van der Waals surface area contributed by atoms with E-state index in [-0.39, 0.29) is 16.3 Å². The normalized spacial score (nSPS) is 11.1. The predicted molar refractivity (Wildman–Crippen MR) is 125 cm³/mol. The van der Waals surface area contributed by atoms with Crippen LogP contribution in [0.15, 0.2) is 59.5 Å². The Labute approximate surface area is 198 Å². The van der Waals surface area contributed by atoms with Crippen molar-refractivity contribution in [1.29, 1.82) is 0 Å². The Bertz CT molecular complexity index is 1330. The molecule has 0 aliphatic rings. The van der Waals surface area contributed by atoms with Crippen LogP contribution in [0.1, 0.15) is 15.9 Å². The summed E-state index contributed by atoms with van der Waals surface area (Å²) >= 11 is 17.9. The number of benzene rings is 3. The highest BCUT2D eigenvalue weighted by Gasteiger charge is 2.30. The van der Waals surface area contributed by atoms with Crippen LogP contribution in [0.2, 0.25) is 15.1 Å². The molecule has 0 atom stereocenters. The summed E-state index contributed by atoms with van der Waals surface area (Å²) in [5, 5.41) is 14.6. The van der Waals surface area contributed by atoms with Gasteiger partial charge in [-0.05, 0) is 55.0 Å². The number of sulfonamides is 1. The minimum Gasteiger partial charge on any atom is -0.322 e. The third-order valence-corrected chi connectivity index (χ3v) is 6.78. The maximum atomic E-state index is 12.9. The van der Waals surface area contributed by atoms with Gasteiger partial charge in [0.15, 0.2) is 4.90 Å². The molecule has 0 spiro atoms. The molecule has 3 rings (SSSR count). The van der Waals surface area contributed by atoms with Crippen LogP contribution in [0.25, 0.3) is 0 Å². The summed E-state index contributed by atoms with van der Waals surface area (Å²) in [5.74, 6) is -0.766. The Morgan fingerprint density at radius 2 is 1.66 bits per heavy atom. The van der Waals surface area contributed by atoms with E-state index in [4.69, 9.17) is 34.8 Å². The molecule has 0 heterocycles. The number of rotatable bonds is 6. The third-order valence-electron chi connectivity index (χ3n) is 4.39. The first-order chi connectivity index (χ1) is 15.0. The topological polar surface area (TPSA) is 118 Å². The lowest BCUT2D eigenvalue weighted by molar-refractivity contribution is -0.387. The second kappa shape index (κ2) is 9.33. The molecule has 2 N–H and O–H groups in total. The molecule has 1 amide bonds. The highest BCUT2D eigenvalue weighted by molar-refractivity contribution is 7.92. The number of nitrogens with one attached hydrogen (secondary N) is 2. The van der Waals surface area contributed by atoms with E-state index in [0.717, 1.165) is 12.1 Å². The SMILES string of the molecule is Cc1c(Cl)cccc1NC(=O)c1cc(S(=O)(=O)Nc2ccc(Cl)cc2)c([N+](=O)[O-])cc1Cl. The largest absolute Gasteiger partial charge is 0.322 e. The fourth-order valence-corrected chi connectivity index (χ4v) is 4.52. The summed E-state index contributed by atoms with van der Waals surface area (Å²) in [6, 6.07) is 12.2. The van der Waals surface area contributed by atoms with Crippen molar-refractivity contribution in [3.8, 4) is 0 Å². The standard InChI is InChI=1S/C20H14Cl3N3O5S/c1-11-15(22)3-2-4-17(11)24-20(27)14-9-19(18(26(28)29)10-16(14)23)32(30,31)25-13-7-5-12(21)6-8-13/h2-10,25H,1H3,(H,24,27). The molecule has 166 valence electrons. The van der Waals surface area contributed by atoms with Crippen molar-refractivity contribution in [1.82, 2.24) is 0 Å². The first kappa shape index (κ1) is 23.8. The number of nitro benzene ring substituents is 1. The van der Waals surface area contributed by atoms with Gasteiger partial charge in [-0.15, -0.1) is 0 Å². The Kier molecular flexibility index (Phi) is 6.94. The Hall–Kier alpha value is -2.85. The molecule has 0 aromatic heterocycles. The van der Waals surface area contributed by atoms with Crippen molar-refractivity contribution in [2.75, 3.05) is 10.0 Å². The lowest BCUT2D eigenvalue weighted by atomic mass is 10.1. The number of nitro groups is 1. The number of nitrogens with zero attached hydrogens (tertiary/aromatic N) is 1. The van der Waals surface area contributed by atoms with Gasteiger partial charge >= 0.3 is 0 Å². The van der Waals surface area contributed by atoms with E-state index in [1.165, 1.54) is 24.3 Å². The van der Waals surface area contributed by atoms with Crippen LogP contribution in [0.3, 0.4) is 0 Å². The number of halogens is 3. The third kappa shape index (κ3) is 5.13. The van der Waals surface area contributed by atoms with Gasteiger partial charge in [-0.2, -0.15) is 0 Å². The van der Waals surface area contributed by atoms with Crippen molar-refractivity contribution in [2.24, 2.45) is 0 Å². The van der Waals surface area contributed by atoms with Crippen LogP contribution in [0.5, 0.6) is 0 Å². The van der Waals surface area contributed by atoms with Crippen LogP contribution in [0.4, 0.5) is 17.1 Å². The Morgan fingerprint density at radius 3 is 2.28 bits per heavy atom. The van der Waals surface area contributed by atoms with Crippen molar-refractivity contribution < 1.29 is 18.1 Å². The molecule has 0 radical (unpaired) electrons. The van der Waals surface area contributed by atoms with Crippen molar-refractivity contribution in [3.05, 3.63) is 90.9 Å². The maximum absolute atomic E-state index is 12.9. The Morgan fingerprint density at radius 1 is 1.00 bits per heavy atom. The molecule has 0 aliphatic heterocycles. The molecule has 3 aromatic rings. The van der Waals surface area contributed by atoms with E-state index in [2.05, 4.69) is 10.0 Å². The second-order valence-corrected chi connectivity index (χ2v) is 9.44. The van der Waals surface area contributed by atoms with Crippen LogP contribution in [-0.2, 0) is 10.0 Å². The Balaban J connectivity index is 2.05. The lowest BCUT2D eigenvalue weighted by Gasteiger charge is -2.13. The fraction of sp³-hybridized carbons (Fsp3) is 0.0500. The molecule has 32 heavy (non-hydrogen) atoms. The predicted octanol–water partition coefficient (Wildman–Crippen LogP) is 5.92. The number of anilines is 2. The maximum Gasteiger partial charge on any atom is 0.291 e. The van der Waals surface area contributed by atoms with Gasteiger partial charge in [0.2, 0.25) is 0 Å². The summed E-state index contributed by atoms with van der Waals surface area (Å²) in [4.78, 5) is 22.7. The van der Waals surface area contributed by atoms with Gasteiger partial charge in [-0.3, -0.25) is 19.6 Å². The summed E-state index contributed by atoms with van der Waals surface area (Å²) < 4.78 is 28.1. The van der Waals surface area contributed by atoms with Crippen LogP contribution in [-0.4, -0.2) is 19.2 Å². The summed E-state index contributed by atoms with van der Waals surface area (Å²) in [5.41, 5.74) is 0.0256. The zero-order valence-electron chi connectivity index (χ0n) is 16.2. The number of carbonyl (C=O) groups is 1. The molecule has 12 heteroatoms. The highest BCUT2D eigenvalue weighted by atomic mass is 35.5. The van der Waals surface area contributed by atoms with Gasteiger partial charge in [0.05, 0.1) is 15.5 Å². The van der Waals surface area contributed by atoms with Gasteiger partial charge in [-0.25, -0.2) is 8.42 Å². The molecule has 0 aliphatic carbocycles. The van der Waals surface area contributed by atoms with Gasteiger partial charge in [-0.1, -0.05) is 40.9 Å². The molecule has 0 bridgehead atoms. The number of carbonyl (C=O) groups excluding carboxylic acids is 1. The molecule has 0 fully saturated rings. The zero-order chi connectivity index (χ0) is 23.6. The van der Waals surface area contributed by atoms with Gasteiger partial charge < -0.3 is 5.32 Å². The molecule has 8 nitrogen and oxygen atoms in total. The highest BCUT2D eigenvalue weighted by Crippen LogP contribution is 2.33. The van der Waals surface area contributed by atoms with Crippen molar-refractivity contribution in [2.45, 2.75) is 11.8 Å². The summed E-state index contributed by atoms with van der Waals surface area (Å²) in [6.07, 6.45) is 0. The average Bonchev–Trinajstić information content (AvgIpc) is 2.72. The summed E-state index contributed by atoms with van der Waals surface area (Å²) in [7, 11) is -4.46. The average molecular weight is 515 g/mol. The summed E-state index contributed by atoms with van der Waals surface area (Å²) in [6.45, 7) is 1.68. The van der Waals surface area contributed by atoms with Crippen molar-refractivity contribution in [3.63, 3.8) is 0 Å². The van der Waals surface area contributed by atoms with E-state index in [1.54, 1.807) is 25.1 Å². The number of hydrogen-bond donors (Lipinski definition) is 2. The second-order valence-electron chi connectivity index (χ2n) is 6.54.